The van der Waals surface area contributed by atoms with Crippen LogP contribution in [0.4, 0.5) is 10.5 Å². The lowest BCUT2D eigenvalue weighted by atomic mass is 9.92. The summed E-state index contributed by atoms with van der Waals surface area (Å²) in [4.78, 5) is 13.5. The standard InChI is InChI=1S/C18H18N2O2S/c1-4-5-11-8-13(10-19)23-16(11)12-6-7-15-14(9-12)18(2,3)22-17(21)20-15/h6-9H,4-5H2,1-3H3,(H,20,21). The molecule has 3 rings (SSSR count). The Bertz CT molecular complexity index is 815. The van der Waals surface area contributed by atoms with Gasteiger partial charge in [0.05, 0.1) is 5.69 Å². The second-order valence-electron chi connectivity index (χ2n) is 6.11. The van der Waals surface area contributed by atoms with E-state index in [9.17, 15) is 10.1 Å². The van der Waals surface area contributed by atoms with Crippen LogP contribution in [0.15, 0.2) is 24.3 Å². The van der Waals surface area contributed by atoms with Gasteiger partial charge in [-0.2, -0.15) is 5.26 Å². The number of thiophene rings is 1. The smallest absolute Gasteiger partial charge is 0.412 e. The Kier molecular flexibility index (Phi) is 3.87. The van der Waals surface area contributed by atoms with Gasteiger partial charge in [-0.05, 0) is 49.6 Å². The van der Waals surface area contributed by atoms with Gasteiger partial charge in [0.2, 0.25) is 0 Å². The molecule has 118 valence electrons. The van der Waals surface area contributed by atoms with Gasteiger partial charge in [-0.15, -0.1) is 11.3 Å². The summed E-state index contributed by atoms with van der Waals surface area (Å²) in [6, 6.07) is 10.2. The highest BCUT2D eigenvalue weighted by molar-refractivity contribution is 7.16. The van der Waals surface area contributed by atoms with E-state index in [4.69, 9.17) is 4.74 Å². The quantitative estimate of drug-likeness (QED) is 0.859. The zero-order chi connectivity index (χ0) is 16.6. The van der Waals surface area contributed by atoms with E-state index in [-0.39, 0.29) is 0 Å². The number of carbonyl (C=O) groups excluding carboxylic acids is 1. The fourth-order valence-electron chi connectivity index (χ4n) is 2.90. The SMILES string of the molecule is CCCc1cc(C#N)sc1-c1ccc2c(c1)C(C)(C)OC(=O)N2. The van der Waals surface area contributed by atoms with E-state index >= 15 is 0 Å². The Balaban J connectivity index is 2.11. The van der Waals surface area contributed by atoms with Crippen LogP contribution in [0.3, 0.4) is 0 Å². The molecular formula is C18H18N2O2S. The van der Waals surface area contributed by atoms with E-state index in [1.54, 1.807) is 0 Å². The number of hydrogen-bond acceptors (Lipinski definition) is 4. The number of cyclic esters (lactones) is 1. The predicted octanol–water partition coefficient (Wildman–Crippen LogP) is 5.04. The lowest BCUT2D eigenvalue weighted by Gasteiger charge is -2.32. The molecule has 1 aromatic heterocycles. The van der Waals surface area contributed by atoms with Gasteiger partial charge in [0.25, 0.3) is 0 Å². The first-order chi connectivity index (χ1) is 10.9. The van der Waals surface area contributed by atoms with E-state index in [0.29, 0.717) is 0 Å². The van der Waals surface area contributed by atoms with Crippen molar-refractivity contribution in [3.63, 3.8) is 0 Å². The Morgan fingerprint density at radius 2 is 2.13 bits per heavy atom. The minimum absolute atomic E-state index is 0.426. The summed E-state index contributed by atoms with van der Waals surface area (Å²) in [5, 5.41) is 11.9. The first-order valence-corrected chi connectivity index (χ1v) is 8.44. The van der Waals surface area contributed by atoms with Crippen LogP contribution < -0.4 is 5.32 Å². The molecule has 1 amide bonds. The summed E-state index contributed by atoms with van der Waals surface area (Å²) >= 11 is 1.51. The molecule has 0 radical (unpaired) electrons. The number of amides is 1. The van der Waals surface area contributed by atoms with Crippen LogP contribution in [0, 0.1) is 11.3 Å². The number of ether oxygens (including phenoxy) is 1. The van der Waals surface area contributed by atoms with Crippen LogP contribution in [0.2, 0.25) is 0 Å². The summed E-state index contributed by atoms with van der Waals surface area (Å²) in [6.07, 6.45) is 1.55. The number of fused-ring (bicyclic) bond motifs is 1. The molecule has 2 aromatic rings. The number of anilines is 1. The van der Waals surface area contributed by atoms with E-state index in [2.05, 4.69) is 24.4 Å². The minimum Gasteiger partial charge on any atom is -0.438 e. The average molecular weight is 326 g/mol. The van der Waals surface area contributed by atoms with Crippen molar-refractivity contribution in [3.8, 4) is 16.5 Å². The molecule has 0 saturated carbocycles. The Labute approximate surface area is 139 Å². The average Bonchev–Trinajstić information content (AvgIpc) is 2.90. The molecule has 4 nitrogen and oxygen atoms in total. The van der Waals surface area contributed by atoms with Gasteiger partial charge in [-0.1, -0.05) is 19.4 Å². The van der Waals surface area contributed by atoms with Gasteiger partial charge >= 0.3 is 6.09 Å². The molecular weight excluding hydrogens is 308 g/mol. The Hall–Kier alpha value is -2.32. The van der Waals surface area contributed by atoms with E-state index in [1.807, 2.05) is 32.0 Å². The van der Waals surface area contributed by atoms with Crippen molar-refractivity contribution in [2.75, 3.05) is 5.32 Å². The third-order valence-corrected chi connectivity index (χ3v) is 5.08. The van der Waals surface area contributed by atoms with Crippen molar-refractivity contribution in [1.82, 2.24) is 0 Å². The molecule has 2 heterocycles. The summed E-state index contributed by atoms with van der Waals surface area (Å²) in [5.41, 5.74) is 3.32. The molecule has 1 aliphatic heterocycles. The van der Waals surface area contributed by atoms with Crippen LogP contribution in [-0.2, 0) is 16.8 Å². The predicted molar refractivity (Wildman–Crippen MR) is 91.6 cm³/mol. The Morgan fingerprint density at radius 1 is 1.35 bits per heavy atom. The lowest BCUT2D eigenvalue weighted by molar-refractivity contribution is 0.0421. The van der Waals surface area contributed by atoms with E-state index in [1.165, 1.54) is 16.9 Å². The van der Waals surface area contributed by atoms with Crippen molar-refractivity contribution in [2.45, 2.75) is 39.2 Å². The van der Waals surface area contributed by atoms with Crippen LogP contribution in [0.25, 0.3) is 10.4 Å². The summed E-state index contributed by atoms with van der Waals surface area (Å²) in [7, 11) is 0. The maximum absolute atomic E-state index is 11.6. The van der Waals surface area contributed by atoms with Gasteiger partial charge in [0, 0.05) is 10.4 Å². The van der Waals surface area contributed by atoms with Crippen molar-refractivity contribution < 1.29 is 9.53 Å². The van der Waals surface area contributed by atoms with Gasteiger partial charge < -0.3 is 4.74 Å². The maximum Gasteiger partial charge on any atom is 0.412 e. The van der Waals surface area contributed by atoms with Crippen molar-refractivity contribution in [3.05, 3.63) is 40.3 Å². The monoisotopic (exact) mass is 326 g/mol. The third kappa shape index (κ3) is 2.82. The Morgan fingerprint density at radius 3 is 2.83 bits per heavy atom. The molecule has 23 heavy (non-hydrogen) atoms. The van der Waals surface area contributed by atoms with Crippen LogP contribution >= 0.6 is 11.3 Å². The molecule has 1 aliphatic rings. The molecule has 1 aromatic carbocycles. The molecule has 0 atom stereocenters. The largest absolute Gasteiger partial charge is 0.438 e. The number of benzene rings is 1. The number of carbonyl (C=O) groups is 1. The zero-order valence-electron chi connectivity index (χ0n) is 13.4. The van der Waals surface area contributed by atoms with Crippen molar-refractivity contribution >= 4 is 23.1 Å². The highest BCUT2D eigenvalue weighted by Gasteiger charge is 2.33. The maximum atomic E-state index is 11.6. The van der Waals surface area contributed by atoms with E-state index < -0.39 is 11.7 Å². The van der Waals surface area contributed by atoms with Crippen molar-refractivity contribution in [2.24, 2.45) is 0 Å². The van der Waals surface area contributed by atoms with Crippen molar-refractivity contribution in [1.29, 1.82) is 5.26 Å². The number of nitriles is 1. The number of rotatable bonds is 3. The molecule has 5 heteroatoms. The second kappa shape index (κ2) is 5.71. The minimum atomic E-state index is -0.673. The highest BCUT2D eigenvalue weighted by atomic mass is 32.1. The third-order valence-electron chi connectivity index (χ3n) is 3.95. The fourth-order valence-corrected chi connectivity index (χ4v) is 3.90. The second-order valence-corrected chi connectivity index (χ2v) is 7.16. The highest BCUT2D eigenvalue weighted by Crippen LogP contribution is 2.40. The summed E-state index contributed by atoms with van der Waals surface area (Å²) in [5.74, 6) is 0. The molecule has 0 aliphatic carbocycles. The van der Waals surface area contributed by atoms with Crippen LogP contribution in [0.5, 0.6) is 0 Å². The molecule has 0 fully saturated rings. The first-order valence-electron chi connectivity index (χ1n) is 7.62. The van der Waals surface area contributed by atoms with Crippen LogP contribution in [-0.4, -0.2) is 6.09 Å². The first kappa shape index (κ1) is 15.6. The fraction of sp³-hybridized carbons (Fsp3) is 0.333. The number of nitrogens with zero attached hydrogens (tertiary/aromatic N) is 1. The zero-order valence-corrected chi connectivity index (χ0v) is 14.2. The lowest BCUT2D eigenvalue weighted by Crippen LogP contribution is -2.34. The number of hydrogen-bond donors (Lipinski definition) is 1. The van der Waals surface area contributed by atoms with Gasteiger partial charge in [0.1, 0.15) is 16.5 Å². The molecule has 0 bridgehead atoms. The topological polar surface area (TPSA) is 62.1 Å². The molecule has 0 saturated heterocycles. The number of aryl methyl sites for hydroxylation is 1. The molecule has 1 N–H and O–H groups in total. The van der Waals surface area contributed by atoms with E-state index in [0.717, 1.165) is 39.4 Å². The molecule has 0 unspecified atom stereocenters. The van der Waals surface area contributed by atoms with Gasteiger partial charge in [-0.3, -0.25) is 5.32 Å². The summed E-state index contributed by atoms with van der Waals surface area (Å²) in [6.45, 7) is 5.90. The number of nitrogens with one attached hydrogen (secondary N) is 1. The van der Waals surface area contributed by atoms with Crippen LogP contribution in [0.1, 0.15) is 43.2 Å². The molecule has 0 spiro atoms. The van der Waals surface area contributed by atoms with Gasteiger partial charge in [-0.25, -0.2) is 4.79 Å². The normalized spacial score (nSPS) is 15.3. The summed E-state index contributed by atoms with van der Waals surface area (Å²) < 4.78 is 5.40. The van der Waals surface area contributed by atoms with Gasteiger partial charge in [0.15, 0.2) is 0 Å².